The molecule has 0 bridgehead atoms. The second-order valence-corrected chi connectivity index (χ2v) is 6.27. The maximum Gasteiger partial charge on any atom is 0.321 e. The third-order valence-corrected chi connectivity index (χ3v) is 4.32. The van der Waals surface area contributed by atoms with E-state index >= 15 is 0 Å². The second-order valence-electron chi connectivity index (χ2n) is 6.27. The summed E-state index contributed by atoms with van der Waals surface area (Å²) in [6.45, 7) is 2.34. The summed E-state index contributed by atoms with van der Waals surface area (Å²) < 4.78 is 0. The zero-order valence-corrected chi connectivity index (χ0v) is 15.6. The number of rotatable bonds is 4. The molecular weight excluding hydrogens is 366 g/mol. The molecule has 3 aromatic heterocycles. The predicted octanol–water partition coefficient (Wildman–Crippen LogP) is 3.70. The van der Waals surface area contributed by atoms with Gasteiger partial charge in [0.25, 0.3) is 0 Å². The van der Waals surface area contributed by atoms with Gasteiger partial charge in [0.15, 0.2) is 0 Å². The van der Waals surface area contributed by atoms with Gasteiger partial charge < -0.3 is 10.3 Å². The van der Waals surface area contributed by atoms with Crippen LogP contribution in [-0.4, -0.2) is 32.5 Å². The Kier molecular flexibility index (Phi) is 4.86. The Morgan fingerprint density at radius 3 is 2.86 bits per heavy atom. The van der Waals surface area contributed by atoms with Gasteiger partial charge in [-0.15, -0.1) is 0 Å². The number of nitrogens with zero attached hydrogens (tertiary/aromatic N) is 4. The molecule has 0 spiro atoms. The van der Waals surface area contributed by atoms with Gasteiger partial charge in [0.2, 0.25) is 5.95 Å². The largest absolute Gasteiger partial charge is 0.338 e. The lowest BCUT2D eigenvalue weighted by Gasteiger charge is -2.07. The molecule has 0 aliphatic heterocycles. The Bertz CT molecular complexity index is 1220. The first-order chi connectivity index (χ1) is 14.2. The fourth-order valence-corrected chi connectivity index (χ4v) is 3.03. The van der Waals surface area contributed by atoms with Crippen molar-refractivity contribution in [2.45, 2.75) is 6.92 Å². The van der Waals surface area contributed by atoms with Crippen LogP contribution >= 0.6 is 0 Å². The summed E-state index contributed by atoms with van der Waals surface area (Å²) in [6, 6.07) is 12.9. The summed E-state index contributed by atoms with van der Waals surface area (Å²) in [5.74, 6) is 0.326. The number of imidazole rings is 1. The molecule has 3 N–H and O–H groups in total. The molecular formula is C21H17N7O. The summed E-state index contributed by atoms with van der Waals surface area (Å²) in [4.78, 5) is 28.2. The minimum absolute atomic E-state index is 0.326. The van der Waals surface area contributed by atoms with Crippen LogP contribution in [0.1, 0.15) is 12.5 Å². The van der Waals surface area contributed by atoms with E-state index in [1.165, 1.54) is 0 Å². The first kappa shape index (κ1) is 18.1. The highest BCUT2D eigenvalue weighted by molar-refractivity contribution is 5.98. The molecule has 0 fully saturated rings. The van der Waals surface area contributed by atoms with Crippen molar-refractivity contribution in [2.24, 2.45) is 0 Å². The number of hydrogen-bond acceptors (Lipinski definition) is 5. The predicted molar refractivity (Wildman–Crippen MR) is 110 cm³/mol. The normalized spacial score (nSPS) is 10.5. The number of anilines is 1. The van der Waals surface area contributed by atoms with Gasteiger partial charge in [0.1, 0.15) is 0 Å². The van der Waals surface area contributed by atoms with Gasteiger partial charge in [0, 0.05) is 36.3 Å². The lowest BCUT2D eigenvalue weighted by atomic mass is 10.0. The number of benzene rings is 1. The van der Waals surface area contributed by atoms with Crippen LogP contribution in [0.5, 0.6) is 0 Å². The molecule has 0 unspecified atom stereocenters. The van der Waals surface area contributed by atoms with E-state index < -0.39 is 0 Å². The molecule has 142 valence electrons. The first-order valence-electron chi connectivity index (χ1n) is 9.03. The van der Waals surface area contributed by atoms with E-state index in [1.54, 1.807) is 30.7 Å². The molecule has 8 nitrogen and oxygen atoms in total. The topological polar surface area (TPSA) is 119 Å². The average molecular weight is 383 g/mol. The van der Waals surface area contributed by atoms with Crippen LogP contribution in [0, 0.1) is 11.3 Å². The van der Waals surface area contributed by atoms with Crippen molar-refractivity contribution in [1.29, 1.82) is 5.26 Å². The molecule has 0 aliphatic carbocycles. The van der Waals surface area contributed by atoms with E-state index in [-0.39, 0.29) is 6.03 Å². The van der Waals surface area contributed by atoms with Gasteiger partial charge in [-0.25, -0.2) is 9.78 Å². The number of carbonyl (C=O) groups excluding carboxylic acids is 1. The number of fused-ring (bicyclic) bond motifs is 1. The molecule has 29 heavy (non-hydrogen) atoms. The van der Waals surface area contributed by atoms with E-state index in [2.05, 4.69) is 36.6 Å². The zero-order valence-electron chi connectivity index (χ0n) is 15.6. The molecule has 0 saturated carbocycles. The maximum absolute atomic E-state index is 11.9. The van der Waals surface area contributed by atoms with Gasteiger partial charge in [0.05, 0.1) is 28.4 Å². The number of urea groups is 1. The van der Waals surface area contributed by atoms with Crippen LogP contribution in [0.25, 0.3) is 33.4 Å². The van der Waals surface area contributed by atoms with E-state index in [9.17, 15) is 10.1 Å². The van der Waals surface area contributed by atoms with Gasteiger partial charge in [-0.05, 0) is 42.8 Å². The summed E-state index contributed by atoms with van der Waals surface area (Å²) in [6.07, 6.45) is 5.08. The molecule has 2 amide bonds. The van der Waals surface area contributed by atoms with Crippen LogP contribution in [0.15, 0.2) is 55.0 Å². The highest BCUT2D eigenvalue weighted by atomic mass is 16.2. The Morgan fingerprint density at radius 2 is 2.10 bits per heavy atom. The van der Waals surface area contributed by atoms with Crippen molar-refractivity contribution >= 4 is 23.0 Å². The standard InChI is InChI=1S/C21H17N7O/c1-2-24-21(29)28-20-26-18-10-15(14-4-3-6-23-12-14)9-16(19(18)27-20)17-8-13(11-22)5-7-25-17/h3-10,12H,2H2,1H3,(H3,24,26,27,28,29). The first-order valence-corrected chi connectivity index (χ1v) is 9.03. The average Bonchev–Trinajstić information content (AvgIpc) is 3.16. The van der Waals surface area contributed by atoms with Gasteiger partial charge in [-0.3, -0.25) is 15.3 Å². The lowest BCUT2D eigenvalue weighted by molar-refractivity contribution is 0.252. The second kappa shape index (κ2) is 7.78. The van der Waals surface area contributed by atoms with E-state index in [0.29, 0.717) is 29.3 Å². The Labute approximate surface area is 166 Å². The third kappa shape index (κ3) is 3.75. The Hall–Kier alpha value is -4.25. The summed E-state index contributed by atoms with van der Waals surface area (Å²) in [7, 11) is 0. The van der Waals surface area contributed by atoms with Crippen molar-refractivity contribution in [2.75, 3.05) is 11.9 Å². The number of amides is 2. The Morgan fingerprint density at radius 1 is 1.21 bits per heavy atom. The minimum atomic E-state index is -0.342. The van der Waals surface area contributed by atoms with E-state index in [4.69, 9.17) is 0 Å². The maximum atomic E-state index is 11.9. The van der Waals surface area contributed by atoms with Gasteiger partial charge in [-0.1, -0.05) is 6.07 Å². The highest BCUT2D eigenvalue weighted by Gasteiger charge is 2.15. The van der Waals surface area contributed by atoms with Crippen molar-refractivity contribution in [3.05, 3.63) is 60.6 Å². The molecule has 8 heteroatoms. The van der Waals surface area contributed by atoms with Crippen molar-refractivity contribution in [3.8, 4) is 28.5 Å². The van der Waals surface area contributed by atoms with E-state index in [0.717, 1.165) is 22.2 Å². The van der Waals surface area contributed by atoms with Crippen LogP contribution in [0.4, 0.5) is 10.7 Å². The monoisotopic (exact) mass is 383 g/mol. The van der Waals surface area contributed by atoms with Crippen LogP contribution in [0.2, 0.25) is 0 Å². The summed E-state index contributed by atoms with van der Waals surface area (Å²) in [5, 5.41) is 14.6. The molecule has 0 aliphatic rings. The summed E-state index contributed by atoms with van der Waals surface area (Å²) >= 11 is 0. The quantitative estimate of drug-likeness (QED) is 0.496. The van der Waals surface area contributed by atoms with Gasteiger partial charge in [-0.2, -0.15) is 5.26 Å². The third-order valence-electron chi connectivity index (χ3n) is 4.32. The molecule has 4 rings (SSSR count). The number of aromatic amines is 1. The number of nitriles is 1. The molecule has 1 aromatic carbocycles. The number of pyridine rings is 2. The number of nitrogens with one attached hydrogen (secondary N) is 3. The number of hydrogen-bond donors (Lipinski definition) is 3. The lowest BCUT2D eigenvalue weighted by Crippen LogP contribution is -2.28. The molecule has 0 atom stereocenters. The van der Waals surface area contributed by atoms with Crippen molar-refractivity contribution in [1.82, 2.24) is 25.3 Å². The smallest absolute Gasteiger partial charge is 0.321 e. The fourth-order valence-electron chi connectivity index (χ4n) is 3.03. The van der Waals surface area contributed by atoms with E-state index in [1.807, 2.05) is 31.2 Å². The minimum Gasteiger partial charge on any atom is -0.338 e. The van der Waals surface area contributed by atoms with Crippen LogP contribution < -0.4 is 10.6 Å². The molecule has 4 aromatic rings. The Balaban J connectivity index is 1.89. The number of aromatic nitrogens is 4. The zero-order chi connectivity index (χ0) is 20.2. The van der Waals surface area contributed by atoms with Crippen LogP contribution in [-0.2, 0) is 0 Å². The van der Waals surface area contributed by atoms with Crippen LogP contribution in [0.3, 0.4) is 0 Å². The molecule has 3 heterocycles. The fraction of sp³-hybridized carbons (Fsp3) is 0.0952. The van der Waals surface area contributed by atoms with Crippen molar-refractivity contribution in [3.63, 3.8) is 0 Å². The van der Waals surface area contributed by atoms with Crippen molar-refractivity contribution < 1.29 is 4.79 Å². The summed E-state index contributed by atoms with van der Waals surface area (Å²) in [5.41, 5.74) is 5.10. The molecule has 0 saturated heterocycles. The SMILES string of the molecule is CCNC(=O)Nc1nc2c(-c3cc(C#N)ccn3)cc(-c3cccnc3)cc2[nH]1. The van der Waals surface area contributed by atoms with Gasteiger partial charge >= 0.3 is 6.03 Å². The number of carbonyl (C=O) groups is 1. The number of H-pyrrole nitrogens is 1. The molecule has 0 radical (unpaired) electrons. The highest BCUT2D eigenvalue weighted by Crippen LogP contribution is 2.33.